The van der Waals surface area contributed by atoms with E-state index in [2.05, 4.69) is 0 Å². The molecule has 5 nitrogen and oxygen atoms in total. The van der Waals surface area contributed by atoms with Crippen LogP contribution in [0.25, 0.3) is 0 Å². The van der Waals surface area contributed by atoms with Crippen LogP contribution in [-0.2, 0) is 10.1 Å². The van der Waals surface area contributed by atoms with Gasteiger partial charge in [0, 0.05) is 5.56 Å². The van der Waals surface area contributed by atoms with Crippen LogP contribution in [0.1, 0.15) is 5.56 Å². The zero-order chi connectivity index (χ0) is 10.9. The molecule has 0 radical (unpaired) electrons. The summed E-state index contributed by atoms with van der Waals surface area (Å²) in [6.07, 6.45) is 0. The van der Waals surface area contributed by atoms with Gasteiger partial charge in [-0.15, -0.1) is 0 Å². The molecule has 1 aromatic rings. The van der Waals surface area contributed by atoms with Gasteiger partial charge in [-0.05, 0) is 18.2 Å². The second-order valence-corrected chi connectivity index (χ2v) is 3.92. The molecule has 0 aliphatic heterocycles. The monoisotopic (exact) mass is 218 g/mol. The van der Waals surface area contributed by atoms with Crippen LogP contribution in [-0.4, -0.2) is 18.8 Å². The molecule has 0 saturated heterocycles. The molecule has 76 valence electrons. The molecule has 0 heterocycles. The molecule has 4 N–H and O–H groups in total. The number of halogens is 1. The van der Waals surface area contributed by atoms with Gasteiger partial charge < -0.3 is 5.73 Å². The topological polar surface area (TPSA) is 104 Å². The third kappa shape index (κ3) is 2.06. The van der Waals surface area contributed by atoms with Gasteiger partial charge in [0.25, 0.3) is 10.1 Å². The predicted octanol–water partition coefficient (Wildman–Crippen LogP) is 0.356. The van der Waals surface area contributed by atoms with Gasteiger partial charge >= 0.3 is 0 Å². The first-order valence-electron chi connectivity index (χ1n) is 3.44. The van der Waals surface area contributed by atoms with Gasteiger partial charge in [0.05, 0.1) is 0 Å². The fraction of sp³-hybridized carbons (Fsp3) is 0. The number of benzene rings is 1. The molecule has 0 spiro atoms. The summed E-state index contributed by atoms with van der Waals surface area (Å²) in [4.78, 5) is -0.704. The number of hydrogen-bond donors (Lipinski definition) is 3. The summed E-state index contributed by atoms with van der Waals surface area (Å²) in [7, 11) is -4.56. The largest absolute Gasteiger partial charge is 0.384 e. The highest BCUT2D eigenvalue weighted by molar-refractivity contribution is 7.86. The molecule has 7 heteroatoms. The SMILES string of the molecule is N=C(N)c1ccc(F)cc1S(=O)(=O)O. The fourth-order valence-electron chi connectivity index (χ4n) is 0.932. The summed E-state index contributed by atoms with van der Waals surface area (Å²) in [6, 6.07) is 2.57. The quantitative estimate of drug-likeness (QED) is 0.378. The lowest BCUT2D eigenvalue weighted by molar-refractivity contribution is 0.481. The van der Waals surface area contributed by atoms with E-state index in [4.69, 9.17) is 15.7 Å². The average molecular weight is 218 g/mol. The van der Waals surface area contributed by atoms with Crippen molar-refractivity contribution in [1.29, 1.82) is 5.41 Å². The first kappa shape index (κ1) is 10.6. The zero-order valence-corrected chi connectivity index (χ0v) is 7.68. The molecule has 0 aromatic heterocycles. The van der Waals surface area contributed by atoms with E-state index in [9.17, 15) is 12.8 Å². The lowest BCUT2D eigenvalue weighted by Gasteiger charge is -2.04. The minimum Gasteiger partial charge on any atom is -0.384 e. The highest BCUT2D eigenvalue weighted by Gasteiger charge is 2.17. The summed E-state index contributed by atoms with van der Waals surface area (Å²) in [5.41, 5.74) is 4.82. The van der Waals surface area contributed by atoms with Crippen molar-refractivity contribution in [2.45, 2.75) is 4.90 Å². The lowest BCUT2D eigenvalue weighted by Crippen LogP contribution is -2.16. The Hall–Kier alpha value is -1.47. The van der Waals surface area contributed by atoms with Crippen LogP contribution in [0.4, 0.5) is 4.39 Å². The molecule has 0 saturated carbocycles. The number of nitrogen functional groups attached to an aromatic ring is 1. The van der Waals surface area contributed by atoms with Gasteiger partial charge in [0.15, 0.2) is 0 Å². The maximum Gasteiger partial charge on any atom is 0.295 e. The van der Waals surface area contributed by atoms with Crippen LogP contribution in [0.2, 0.25) is 0 Å². The van der Waals surface area contributed by atoms with Crippen molar-refractivity contribution in [2.24, 2.45) is 5.73 Å². The van der Waals surface area contributed by atoms with Crippen LogP contribution in [0.15, 0.2) is 23.1 Å². The van der Waals surface area contributed by atoms with E-state index in [1.54, 1.807) is 0 Å². The van der Waals surface area contributed by atoms with E-state index < -0.39 is 26.7 Å². The lowest BCUT2D eigenvalue weighted by atomic mass is 10.2. The van der Waals surface area contributed by atoms with Gasteiger partial charge in [-0.3, -0.25) is 9.96 Å². The third-order valence-corrected chi connectivity index (χ3v) is 2.41. The minimum absolute atomic E-state index is 0.228. The van der Waals surface area contributed by atoms with Crippen LogP contribution in [0.5, 0.6) is 0 Å². The van der Waals surface area contributed by atoms with Gasteiger partial charge in [-0.25, -0.2) is 4.39 Å². The maximum atomic E-state index is 12.7. The highest BCUT2D eigenvalue weighted by Crippen LogP contribution is 2.16. The molecule has 0 atom stereocenters. The Balaban J connectivity index is 3.54. The van der Waals surface area contributed by atoms with Crippen molar-refractivity contribution in [2.75, 3.05) is 0 Å². The second kappa shape index (κ2) is 3.35. The van der Waals surface area contributed by atoms with Crippen molar-refractivity contribution in [3.63, 3.8) is 0 Å². The van der Waals surface area contributed by atoms with Crippen molar-refractivity contribution >= 4 is 16.0 Å². The molecule has 0 bridgehead atoms. The maximum absolute atomic E-state index is 12.7. The fourth-order valence-corrected chi connectivity index (χ4v) is 1.65. The Morgan fingerprint density at radius 2 is 2.07 bits per heavy atom. The summed E-state index contributed by atoms with van der Waals surface area (Å²) in [5, 5.41) is 7.01. The van der Waals surface area contributed by atoms with Gasteiger partial charge in [0.1, 0.15) is 16.5 Å². The Labute approximate surface area is 79.6 Å². The van der Waals surface area contributed by atoms with Crippen LogP contribution in [0.3, 0.4) is 0 Å². The zero-order valence-electron chi connectivity index (χ0n) is 6.86. The average Bonchev–Trinajstić information content (AvgIpc) is 2.01. The highest BCUT2D eigenvalue weighted by atomic mass is 32.2. The molecular weight excluding hydrogens is 211 g/mol. The summed E-state index contributed by atoms with van der Waals surface area (Å²) in [6.45, 7) is 0. The van der Waals surface area contributed by atoms with Crippen molar-refractivity contribution < 1.29 is 17.4 Å². The number of nitrogens with one attached hydrogen (secondary N) is 1. The molecule has 14 heavy (non-hydrogen) atoms. The molecule has 0 unspecified atom stereocenters. The molecule has 0 amide bonds. The standard InChI is InChI=1S/C7H7FN2O3S/c8-4-1-2-5(7(9)10)6(3-4)14(11,12)13/h1-3H,(H3,9,10)(H,11,12,13). The molecule has 0 aliphatic rings. The van der Waals surface area contributed by atoms with E-state index in [1.165, 1.54) is 0 Å². The van der Waals surface area contributed by atoms with Crippen LogP contribution >= 0.6 is 0 Å². The Morgan fingerprint density at radius 1 is 1.50 bits per heavy atom. The second-order valence-electron chi connectivity index (χ2n) is 2.53. The van der Waals surface area contributed by atoms with Gasteiger partial charge in [-0.1, -0.05) is 0 Å². The molecule has 0 aliphatic carbocycles. The molecule has 1 rings (SSSR count). The van der Waals surface area contributed by atoms with E-state index in [-0.39, 0.29) is 5.56 Å². The smallest absolute Gasteiger partial charge is 0.295 e. The van der Waals surface area contributed by atoms with E-state index >= 15 is 0 Å². The predicted molar refractivity (Wildman–Crippen MR) is 47.2 cm³/mol. The number of hydrogen-bond acceptors (Lipinski definition) is 3. The van der Waals surface area contributed by atoms with Crippen molar-refractivity contribution in [3.05, 3.63) is 29.6 Å². The molecule has 1 aromatic carbocycles. The summed E-state index contributed by atoms with van der Waals surface area (Å²) >= 11 is 0. The van der Waals surface area contributed by atoms with Gasteiger partial charge in [0.2, 0.25) is 0 Å². The number of nitrogens with two attached hydrogens (primary N) is 1. The normalized spacial score (nSPS) is 11.3. The molecular formula is C7H7FN2O3S. The van der Waals surface area contributed by atoms with E-state index in [0.29, 0.717) is 6.07 Å². The van der Waals surface area contributed by atoms with Crippen LogP contribution in [0, 0.1) is 11.2 Å². The Morgan fingerprint density at radius 3 is 2.50 bits per heavy atom. The summed E-state index contributed by atoms with van der Waals surface area (Å²) in [5.74, 6) is -1.39. The first-order valence-corrected chi connectivity index (χ1v) is 4.88. The van der Waals surface area contributed by atoms with Gasteiger partial charge in [-0.2, -0.15) is 8.42 Å². The number of rotatable bonds is 2. The van der Waals surface area contributed by atoms with Crippen molar-refractivity contribution in [3.8, 4) is 0 Å². The van der Waals surface area contributed by atoms with Crippen molar-refractivity contribution in [1.82, 2.24) is 0 Å². The Kier molecular flexibility index (Phi) is 2.54. The van der Waals surface area contributed by atoms with E-state index in [1.807, 2.05) is 0 Å². The van der Waals surface area contributed by atoms with Crippen LogP contribution < -0.4 is 5.73 Å². The minimum atomic E-state index is -4.56. The Bertz CT molecular complexity index is 484. The van der Waals surface area contributed by atoms with E-state index in [0.717, 1.165) is 12.1 Å². The summed E-state index contributed by atoms with van der Waals surface area (Å²) < 4.78 is 42.8. The molecule has 0 fully saturated rings. The first-order chi connectivity index (χ1) is 6.32. The number of amidine groups is 1. The third-order valence-electron chi connectivity index (χ3n) is 1.51.